The molecule has 1 saturated heterocycles. The molecule has 0 bridgehead atoms. The van der Waals surface area contributed by atoms with Crippen LogP contribution in [0.25, 0.3) is 0 Å². The summed E-state index contributed by atoms with van der Waals surface area (Å²) in [5.41, 5.74) is 0.422. The van der Waals surface area contributed by atoms with Crippen molar-refractivity contribution in [3.05, 3.63) is 29.8 Å². The van der Waals surface area contributed by atoms with Gasteiger partial charge >= 0.3 is 0 Å². The molecule has 7 heteroatoms. The van der Waals surface area contributed by atoms with E-state index in [-0.39, 0.29) is 29.1 Å². The zero-order valence-corrected chi connectivity index (χ0v) is 13.1. The highest BCUT2D eigenvalue weighted by atomic mass is 35.5. The Morgan fingerprint density at radius 2 is 2.10 bits per heavy atom. The van der Waals surface area contributed by atoms with Crippen molar-refractivity contribution in [3.8, 4) is 0 Å². The maximum absolute atomic E-state index is 12.5. The van der Waals surface area contributed by atoms with Crippen LogP contribution in [0.5, 0.6) is 0 Å². The summed E-state index contributed by atoms with van der Waals surface area (Å²) in [7, 11) is -1.67. The van der Waals surface area contributed by atoms with Gasteiger partial charge in [0.05, 0.1) is 4.90 Å². The van der Waals surface area contributed by atoms with Crippen molar-refractivity contribution >= 4 is 28.2 Å². The molecule has 1 heterocycles. The fourth-order valence-electron chi connectivity index (χ4n) is 2.21. The van der Waals surface area contributed by atoms with Crippen molar-refractivity contribution < 1.29 is 13.2 Å². The van der Waals surface area contributed by atoms with E-state index in [9.17, 15) is 13.2 Å². The smallest absolute Gasteiger partial charge is 0.243 e. The average molecular weight is 319 g/mol. The van der Waals surface area contributed by atoms with Crippen LogP contribution in [0.3, 0.4) is 0 Å². The van der Waals surface area contributed by atoms with E-state index in [2.05, 4.69) is 5.32 Å². The van der Waals surface area contributed by atoms with Crippen LogP contribution in [-0.2, 0) is 10.0 Å². The fourth-order valence-corrected chi connectivity index (χ4v) is 3.75. The zero-order chi connectivity index (χ0) is 14.0. The second-order valence-electron chi connectivity index (χ2n) is 4.72. The predicted molar refractivity (Wildman–Crippen MR) is 79.9 cm³/mol. The minimum absolute atomic E-state index is 0. The molecule has 2 rings (SSSR count). The first-order valence-electron chi connectivity index (χ1n) is 6.23. The molecule has 1 aromatic carbocycles. The highest BCUT2D eigenvalue weighted by molar-refractivity contribution is 7.89. The number of rotatable bonds is 4. The summed E-state index contributed by atoms with van der Waals surface area (Å²) < 4.78 is 26.4. The lowest BCUT2D eigenvalue weighted by molar-refractivity contribution is 0.101. The highest BCUT2D eigenvalue weighted by Gasteiger charge is 2.31. The van der Waals surface area contributed by atoms with Crippen LogP contribution in [0.4, 0.5) is 0 Å². The van der Waals surface area contributed by atoms with Gasteiger partial charge in [0.2, 0.25) is 10.0 Å². The molecule has 0 radical (unpaired) electrons. The summed E-state index contributed by atoms with van der Waals surface area (Å²) in [4.78, 5) is 11.5. The standard InChI is InChI=1S/C13H18N2O3S.ClH/c1-10(16)11-4-3-5-13(8-11)19(17,18)15-7-6-12(9-15)14-2;/h3-5,8,12,14H,6-7,9H2,1-2H3;1H. The highest BCUT2D eigenvalue weighted by Crippen LogP contribution is 2.21. The summed E-state index contributed by atoms with van der Waals surface area (Å²) in [6, 6.07) is 6.42. The van der Waals surface area contributed by atoms with E-state index in [4.69, 9.17) is 0 Å². The molecule has 0 aromatic heterocycles. The molecule has 1 fully saturated rings. The third-order valence-electron chi connectivity index (χ3n) is 3.44. The molecular formula is C13H19ClN2O3S. The Balaban J connectivity index is 0.00000200. The zero-order valence-electron chi connectivity index (χ0n) is 11.5. The topological polar surface area (TPSA) is 66.5 Å². The molecule has 1 N–H and O–H groups in total. The number of nitrogens with one attached hydrogen (secondary N) is 1. The summed E-state index contributed by atoms with van der Waals surface area (Å²) in [6.45, 7) is 2.42. The summed E-state index contributed by atoms with van der Waals surface area (Å²) in [6.07, 6.45) is 0.808. The first-order chi connectivity index (χ1) is 8.95. The van der Waals surface area contributed by atoms with Gasteiger partial charge in [-0.2, -0.15) is 4.31 Å². The van der Waals surface area contributed by atoms with Crippen LogP contribution in [0.1, 0.15) is 23.7 Å². The van der Waals surface area contributed by atoms with Crippen molar-refractivity contribution in [3.63, 3.8) is 0 Å². The molecule has 0 spiro atoms. The minimum Gasteiger partial charge on any atom is -0.316 e. The first-order valence-corrected chi connectivity index (χ1v) is 7.67. The van der Waals surface area contributed by atoms with Crippen molar-refractivity contribution in [2.24, 2.45) is 0 Å². The maximum atomic E-state index is 12.5. The lowest BCUT2D eigenvalue weighted by atomic mass is 10.2. The average Bonchev–Trinajstić information content (AvgIpc) is 2.88. The predicted octanol–water partition coefficient (Wildman–Crippen LogP) is 1.29. The van der Waals surface area contributed by atoms with Crippen molar-refractivity contribution in [1.29, 1.82) is 0 Å². The van der Waals surface area contributed by atoms with E-state index in [0.717, 1.165) is 6.42 Å². The van der Waals surface area contributed by atoms with Gasteiger partial charge in [0.25, 0.3) is 0 Å². The number of hydrogen-bond acceptors (Lipinski definition) is 4. The Morgan fingerprint density at radius 3 is 2.65 bits per heavy atom. The Morgan fingerprint density at radius 1 is 1.40 bits per heavy atom. The number of benzene rings is 1. The minimum atomic E-state index is -3.50. The fraction of sp³-hybridized carbons (Fsp3) is 0.462. The molecule has 0 saturated carbocycles. The van der Waals surface area contributed by atoms with Crippen molar-refractivity contribution in [1.82, 2.24) is 9.62 Å². The number of likely N-dealkylation sites (N-methyl/N-ethyl adjacent to an activating group) is 1. The number of Topliss-reactive ketones (excluding diaryl/α,β-unsaturated/α-hetero) is 1. The Hall–Kier alpha value is -0.950. The van der Waals surface area contributed by atoms with Gasteiger partial charge in [-0.25, -0.2) is 8.42 Å². The third kappa shape index (κ3) is 3.38. The number of ketones is 1. The van der Waals surface area contributed by atoms with Gasteiger partial charge < -0.3 is 5.32 Å². The molecule has 1 atom stereocenters. The van der Waals surface area contributed by atoms with Gasteiger partial charge in [-0.3, -0.25) is 4.79 Å². The van der Waals surface area contributed by atoms with Crippen molar-refractivity contribution in [2.75, 3.05) is 20.1 Å². The molecule has 1 unspecified atom stereocenters. The van der Waals surface area contributed by atoms with Crippen LogP contribution < -0.4 is 5.32 Å². The summed E-state index contributed by atoms with van der Waals surface area (Å²) in [5.74, 6) is -0.133. The van der Waals surface area contributed by atoms with E-state index in [0.29, 0.717) is 18.7 Å². The lowest BCUT2D eigenvalue weighted by Gasteiger charge is -2.16. The van der Waals surface area contributed by atoms with Gasteiger partial charge in [-0.1, -0.05) is 12.1 Å². The van der Waals surface area contributed by atoms with Gasteiger partial charge in [-0.05, 0) is 32.5 Å². The lowest BCUT2D eigenvalue weighted by Crippen LogP contribution is -2.33. The molecule has 5 nitrogen and oxygen atoms in total. The summed E-state index contributed by atoms with van der Waals surface area (Å²) in [5, 5.41) is 3.09. The number of nitrogens with zero attached hydrogens (tertiary/aromatic N) is 1. The van der Waals surface area contributed by atoms with Crippen LogP contribution in [0.15, 0.2) is 29.2 Å². The van der Waals surface area contributed by atoms with Crippen LogP contribution in [0, 0.1) is 0 Å². The second-order valence-corrected chi connectivity index (χ2v) is 6.66. The molecule has 0 amide bonds. The molecule has 1 aliphatic rings. The molecule has 1 aromatic rings. The quantitative estimate of drug-likeness (QED) is 0.850. The largest absolute Gasteiger partial charge is 0.316 e. The maximum Gasteiger partial charge on any atom is 0.243 e. The van der Waals surface area contributed by atoms with Crippen LogP contribution in [-0.4, -0.2) is 44.7 Å². The van der Waals surface area contributed by atoms with Crippen LogP contribution in [0.2, 0.25) is 0 Å². The van der Waals surface area contributed by atoms with E-state index < -0.39 is 10.0 Å². The number of carbonyl (C=O) groups excluding carboxylic acids is 1. The van der Waals surface area contributed by atoms with E-state index in [1.165, 1.54) is 23.4 Å². The Kier molecular flexibility index (Phi) is 5.70. The molecule has 1 aliphatic heterocycles. The number of halogens is 1. The van der Waals surface area contributed by atoms with Crippen LogP contribution >= 0.6 is 12.4 Å². The molecule has 112 valence electrons. The van der Waals surface area contributed by atoms with Crippen molar-refractivity contribution in [2.45, 2.75) is 24.3 Å². The monoisotopic (exact) mass is 318 g/mol. The third-order valence-corrected chi connectivity index (χ3v) is 5.30. The normalized spacial score (nSPS) is 19.6. The van der Waals surface area contributed by atoms with Gasteiger partial charge in [0.1, 0.15) is 0 Å². The van der Waals surface area contributed by atoms with E-state index in [1.807, 2.05) is 7.05 Å². The SMILES string of the molecule is CNC1CCN(S(=O)(=O)c2cccc(C(C)=O)c2)C1.Cl. The van der Waals surface area contributed by atoms with E-state index in [1.54, 1.807) is 12.1 Å². The number of carbonyl (C=O) groups is 1. The Bertz CT molecular complexity index is 589. The van der Waals surface area contributed by atoms with Gasteiger partial charge in [-0.15, -0.1) is 12.4 Å². The number of sulfonamides is 1. The molecule has 0 aliphatic carbocycles. The van der Waals surface area contributed by atoms with Gasteiger partial charge in [0, 0.05) is 24.7 Å². The molecule has 20 heavy (non-hydrogen) atoms. The molecular weight excluding hydrogens is 300 g/mol. The Labute approximate surface area is 125 Å². The van der Waals surface area contributed by atoms with E-state index >= 15 is 0 Å². The summed E-state index contributed by atoms with van der Waals surface area (Å²) >= 11 is 0. The second kappa shape index (κ2) is 6.67. The van der Waals surface area contributed by atoms with Gasteiger partial charge in [0.15, 0.2) is 5.78 Å². The number of hydrogen-bond donors (Lipinski definition) is 1. The first kappa shape index (κ1) is 17.1.